The van der Waals surface area contributed by atoms with Gasteiger partial charge in [-0.2, -0.15) is 0 Å². The minimum atomic E-state index is 0.274. The zero-order valence-electron chi connectivity index (χ0n) is 13.8. The van der Waals surface area contributed by atoms with E-state index in [4.69, 9.17) is 0 Å². The minimum Gasteiger partial charge on any atom is -0.309 e. The molecule has 112 valence electrons. The monoisotopic (exact) mass is 266 g/mol. The van der Waals surface area contributed by atoms with Gasteiger partial charge in [-0.25, -0.2) is 0 Å². The van der Waals surface area contributed by atoms with Gasteiger partial charge < -0.3 is 5.32 Å². The molecular weight excluding hydrogens is 232 g/mol. The molecule has 2 nitrogen and oxygen atoms in total. The van der Waals surface area contributed by atoms with Crippen LogP contribution in [0.3, 0.4) is 0 Å². The summed E-state index contributed by atoms with van der Waals surface area (Å²) in [4.78, 5) is 2.80. The Morgan fingerprint density at radius 3 is 2.32 bits per heavy atom. The van der Waals surface area contributed by atoms with Crippen LogP contribution in [0.4, 0.5) is 0 Å². The molecule has 0 spiro atoms. The van der Waals surface area contributed by atoms with Crippen LogP contribution in [0.25, 0.3) is 0 Å². The first-order chi connectivity index (χ1) is 8.81. The maximum absolute atomic E-state index is 3.73. The van der Waals surface area contributed by atoms with Gasteiger partial charge in [0.05, 0.1) is 0 Å². The standard InChI is InChI=1S/C17H34N2/c1-14(2)15-11-18-16(3,4)12-19(15)13-17(5)9-7-6-8-10-17/h14-15,18H,6-13H2,1-5H3. The average molecular weight is 266 g/mol. The topological polar surface area (TPSA) is 15.3 Å². The predicted octanol–water partition coefficient (Wildman–Crippen LogP) is 3.67. The number of hydrogen-bond acceptors (Lipinski definition) is 2. The second-order valence-electron chi connectivity index (χ2n) is 8.35. The van der Waals surface area contributed by atoms with Crippen molar-refractivity contribution < 1.29 is 0 Å². The van der Waals surface area contributed by atoms with Crippen molar-refractivity contribution in [3.05, 3.63) is 0 Å². The van der Waals surface area contributed by atoms with E-state index in [0.717, 1.165) is 12.5 Å². The van der Waals surface area contributed by atoms with Gasteiger partial charge >= 0.3 is 0 Å². The van der Waals surface area contributed by atoms with E-state index >= 15 is 0 Å². The zero-order chi connectivity index (χ0) is 14.1. The molecule has 1 saturated carbocycles. The summed E-state index contributed by atoms with van der Waals surface area (Å²) in [5.74, 6) is 0.746. The van der Waals surface area contributed by atoms with Gasteiger partial charge in [-0.05, 0) is 38.0 Å². The molecule has 0 aromatic rings. The molecule has 1 saturated heterocycles. The number of piperazine rings is 1. The van der Waals surface area contributed by atoms with Crippen LogP contribution in [0.1, 0.15) is 66.7 Å². The van der Waals surface area contributed by atoms with Crippen LogP contribution in [0, 0.1) is 11.3 Å². The normalized spacial score (nSPS) is 31.6. The number of rotatable bonds is 3. The van der Waals surface area contributed by atoms with E-state index in [2.05, 4.69) is 44.8 Å². The van der Waals surface area contributed by atoms with Crippen LogP contribution in [-0.2, 0) is 0 Å². The maximum atomic E-state index is 3.73. The van der Waals surface area contributed by atoms with E-state index < -0.39 is 0 Å². The molecule has 2 aliphatic rings. The fraction of sp³-hybridized carbons (Fsp3) is 1.00. The largest absolute Gasteiger partial charge is 0.309 e. The van der Waals surface area contributed by atoms with Gasteiger partial charge in [-0.3, -0.25) is 4.90 Å². The van der Waals surface area contributed by atoms with E-state index in [-0.39, 0.29) is 5.54 Å². The molecule has 1 aliphatic heterocycles. The van der Waals surface area contributed by atoms with Crippen LogP contribution in [-0.4, -0.2) is 36.1 Å². The predicted molar refractivity (Wildman–Crippen MR) is 83.5 cm³/mol. The zero-order valence-corrected chi connectivity index (χ0v) is 13.8. The molecule has 1 aliphatic carbocycles. The summed E-state index contributed by atoms with van der Waals surface area (Å²) < 4.78 is 0. The Kier molecular flexibility index (Phi) is 4.62. The van der Waals surface area contributed by atoms with Crippen molar-refractivity contribution >= 4 is 0 Å². The highest BCUT2D eigenvalue weighted by Crippen LogP contribution is 2.38. The Morgan fingerprint density at radius 2 is 1.74 bits per heavy atom. The second-order valence-corrected chi connectivity index (χ2v) is 8.35. The van der Waals surface area contributed by atoms with Crippen molar-refractivity contribution in [2.45, 2.75) is 78.3 Å². The Bertz CT molecular complexity index is 290. The molecule has 1 unspecified atom stereocenters. The summed E-state index contributed by atoms with van der Waals surface area (Å²) in [5, 5.41) is 3.73. The fourth-order valence-electron chi connectivity index (χ4n) is 4.08. The summed E-state index contributed by atoms with van der Waals surface area (Å²) in [7, 11) is 0. The molecule has 1 atom stereocenters. The minimum absolute atomic E-state index is 0.274. The quantitative estimate of drug-likeness (QED) is 0.838. The first-order valence-corrected chi connectivity index (χ1v) is 8.30. The van der Waals surface area contributed by atoms with E-state index in [9.17, 15) is 0 Å². The van der Waals surface area contributed by atoms with E-state index in [1.54, 1.807) is 0 Å². The van der Waals surface area contributed by atoms with Crippen molar-refractivity contribution in [1.82, 2.24) is 10.2 Å². The molecule has 0 bridgehead atoms. The van der Waals surface area contributed by atoms with Gasteiger partial charge in [-0.1, -0.05) is 40.0 Å². The van der Waals surface area contributed by atoms with Gasteiger partial charge in [0.15, 0.2) is 0 Å². The molecule has 1 heterocycles. The molecular formula is C17H34N2. The molecule has 0 amide bonds. The summed E-state index contributed by atoms with van der Waals surface area (Å²) >= 11 is 0. The number of hydrogen-bond donors (Lipinski definition) is 1. The van der Waals surface area contributed by atoms with E-state index in [0.29, 0.717) is 11.5 Å². The van der Waals surface area contributed by atoms with Crippen molar-refractivity contribution in [2.24, 2.45) is 11.3 Å². The Labute approximate surface area is 120 Å². The molecule has 0 aromatic heterocycles. The molecule has 1 N–H and O–H groups in total. The maximum Gasteiger partial charge on any atom is 0.0252 e. The van der Waals surface area contributed by atoms with Gasteiger partial charge in [0.2, 0.25) is 0 Å². The van der Waals surface area contributed by atoms with Gasteiger partial charge in [0.1, 0.15) is 0 Å². The molecule has 0 radical (unpaired) electrons. The fourth-order valence-corrected chi connectivity index (χ4v) is 4.08. The lowest BCUT2D eigenvalue weighted by atomic mass is 9.74. The average Bonchev–Trinajstić information content (AvgIpc) is 2.27. The lowest BCUT2D eigenvalue weighted by molar-refractivity contribution is 0.0214. The van der Waals surface area contributed by atoms with Crippen LogP contribution in [0.2, 0.25) is 0 Å². The molecule has 0 aromatic carbocycles. The van der Waals surface area contributed by atoms with E-state index in [1.807, 2.05) is 0 Å². The third-order valence-corrected chi connectivity index (χ3v) is 5.27. The Balaban J connectivity index is 2.04. The lowest BCUT2D eigenvalue weighted by Crippen LogP contribution is -2.64. The first-order valence-electron chi connectivity index (χ1n) is 8.30. The van der Waals surface area contributed by atoms with Crippen LogP contribution in [0.15, 0.2) is 0 Å². The third kappa shape index (κ3) is 3.95. The summed E-state index contributed by atoms with van der Waals surface area (Å²) in [6, 6.07) is 0.715. The van der Waals surface area contributed by atoms with Gasteiger partial charge in [0, 0.05) is 31.2 Å². The number of nitrogens with one attached hydrogen (secondary N) is 1. The van der Waals surface area contributed by atoms with Gasteiger partial charge in [-0.15, -0.1) is 0 Å². The Hall–Kier alpha value is -0.0800. The van der Waals surface area contributed by atoms with Crippen molar-refractivity contribution in [3.8, 4) is 0 Å². The summed E-state index contributed by atoms with van der Waals surface area (Å²) in [5.41, 5.74) is 0.842. The SMILES string of the molecule is CC(C)C1CNC(C)(C)CN1CC1(C)CCCCC1. The first kappa shape index (κ1) is 15.3. The van der Waals surface area contributed by atoms with Gasteiger partial charge in [0.25, 0.3) is 0 Å². The molecule has 2 rings (SSSR count). The highest BCUT2D eigenvalue weighted by molar-refractivity contribution is 4.95. The molecule has 2 heteroatoms. The van der Waals surface area contributed by atoms with Crippen molar-refractivity contribution in [2.75, 3.05) is 19.6 Å². The second kappa shape index (κ2) is 5.73. The summed E-state index contributed by atoms with van der Waals surface area (Å²) in [6.07, 6.45) is 7.21. The lowest BCUT2D eigenvalue weighted by Gasteiger charge is -2.50. The summed E-state index contributed by atoms with van der Waals surface area (Å²) in [6.45, 7) is 15.6. The van der Waals surface area contributed by atoms with Crippen LogP contribution >= 0.6 is 0 Å². The number of nitrogens with zero attached hydrogens (tertiary/aromatic N) is 1. The Morgan fingerprint density at radius 1 is 1.11 bits per heavy atom. The van der Waals surface area contributed by atoms with Crippen LogP contribution in [0.5, 0.6) is 0 Å². The molecule has 2 fully saturated rings. The molecule has 19 heavy (non-hydrogen) atoms. The highest BCUT2D eigenvalue weighted by atomic mass is 15.3. The van der Waals surface area contributed by atoms with Crippen LogP contribution < -0.4 is 5.32 Å². The highest BCUT2D eigenvalue weighted by Gasteiger charge is 2.38. The van der Waals surface area contributed by atoms with Crippen molar-refractivity contribution in [1.29, 1.82) is 0 Å². The van der Waals surface area contributed by atoms with Crippen molar-refractivity contribution in [3.63, 3.8) is 0 Å². The smallest absolute Gasteiger partial charge is 0.0252 e. The van der Waals surface area contributed by atoms with E-state index in [1.165, 1.54) is 45.2 Å². The third-order valence-electron chi connectivity index (χ3n) is 5.27.